The van der Waals surface area contributed by atoms with Gasteiger partial charge >= 0.3 is 5.97 Å². The van der Waals surface area contributed by atoms with Gasteiger partial charge in [-0.2, -0.15) is 0 Å². The lowest BCUT2D eigenvalue weighted by Gasteiger charge is -2.16. The van der Waals surface area contributed by atoms with E-state index in [2.05, 4.69) is 10.3 Å². The Morgan fingerprint density at radius 3 is 2.80 bits per heavy atom. The number of aromatic nitrogens is 1. The van der Waals surface area contributed by atoms with E-state index >= 15 is 0 Å². The number of carbonyl (C=O) groups is 1. The van der Waals surface area contributed by atoms with Crippen LogP contribution in [0.25, 0.3) is 0 Å². The van der Waals surface area contributed by atoms with Gasteiger partial charge in [0.25, 0.3) is 0 Å². The van der Waals surface area contributed by atoms with Gasteiger partial charge in [0.15, 0.2) is 0 Å². The summed E-state index contributed by atoms with van der Waals surface area (Å²) in [5, 5.41) is 11.8. The van der Waals surface area contributed by atoms with E-state index in [1.54, 1.807) is 13.1 Å². The van der Waals surface area contributed by atoms with E-state index in [1.165, 1.54) is 0 Å². The molecule has 0 fully saturated rings. The van der Waals surface area contributed by atoms with Crippen LogP contribution in [0.5, 0.6) is 0 Å². The lowest BCUT2D eigenvalue weighted by molar-refractivity contribution is -0.141. The second-order valence-corrected chi connectivity index (χ2v) is 3.66. The first-order chi connectivity index (χ1) is 7.00. The molecule has 0 aliphatic carbocycles. The highest BCUT2D eigenvalue weighted by Gasteiger charge is 2.19. The average molecular weight is 212 g/mol. The van der Waals surface area contributed by atoms with Crippen molar-refractivity contribution in [2.75, 3.05) is 0 Å². The molecule has 1 rings (SSSR count). The Morgan fingerprint density at radius 1 is 1.67 bits per heavy atom. The zero-order valence-corrected chi connectivity index (χ0v) is 9.15. The molecular weight excluding hydrogens is 196 g/mol. The zero-order chi connectivity index (χ0) is 11.4. The fourth-order valence-electron chi connectivity index (χ4n) is 1.12. The van der Waals surface area contributed by atoms with Gasteiger partial charge in [0.2, 0.25) is 5.89 Å². The summed E-state index contributed by atoms with van der Waals surface area (Å²) in [5.41, 5.74) is 0. The zero-order valence-electron chi connectivity index (χ0n) is 9.15. The largest absolute Gasteiger partial charge is 0.481 e. The maximum atomic E-state index is 10.7. The molecule has 0 saturated heterocycles. The normalized spacial score (nSPS) is 14.9. The Balaban J connectivity index is 2.40. The van der Waals surface area contributed by atoms with Crippen molar-refractivity contribution in [1.29, 1.82) is 0 Å². The number of carboxylic acids is 1. The highest BCUT2D eigenvalue weighted by atomic mass is 16.4. The van der Waals surface area contributed by atoms with Crippen molar-refractivity contribution in [2.24, 2.45) is 5.92 Å². The number of nitrogens with one attached hydrogen (secondary N) is 1. The van der Waals surface area contributed by atoms with Crippen molar-refractivity contribution >= 4 is 5.97 Å². The van der Waals surface area contributed by atoms with E-state index < -0.39 is 11.9 Å². The van der Waals surface area contributed by atoms with E-state index in [-0.39, 0.29) is 6.04 Å². The molecule has 1 aromatic heterocycles. The second kappa shape index (κ2) is 4.93. The average Bonchev–Trinajstić information content (AvgIpc) is 2.59. The van der Waals surface area contributed by atoms with E-state index in [4.69, 9.17) is 9.52 Å². The van der Waals surface area contributed by atoms with Gasteiger partial charge in [0.1, 0.15) is 5.76 Å². The highest BCUT2D eigenvalue weighted by Crippen LogP contribution is 2.05. The summed E-state index contributed by atoms with van der Waals surface area (Å²) >= 11 is 0. The standard InChI is InChI=1S/C10H16N2O3/c1-6-4-12-9(15-6)5-11-8(3)7(2)10(13)14/h4,7-8,11H,5H2,1-3H3,(H,13,14). The van der Waals surface area contributed by atoms with E-state index in [0.717, 1.165) is 5.76 Å². The lowest BCUT2D eigenvalue weighted by Crippen LogP contribution is -2.35. The number of aryl methyl sites for hydroxylation is 1. The molecule has 0 aliphatic heterocycles. The Bertz CT molecular complexity index is 335. The van der Waals surface area contributed by atoms with Gasteiger partial charge in [-0.15, -0.1) is 0 Å². The lowest BCUT2D eigenvalue weighted by atomic mass is 10.0. The molecule has 2 atom stereocenters. The van der Waals surface area contributed by atoms with Crippen LogP contribution < -0.4 is 5.32 Å². The van der Waals surface area contributed by atoms with Crippen molar-refractivity contribution in [3.63, 3.8) is 0 Å². The minimum absolute atomic E-state index is 0.116. The van der Waals surface area contributed by atoms with Crippen molar-refractivity contribution in [3.8, 4) is 0 Å². The molecule has 1 aromatic rings. The second-order valence-electron chi connectivity index (χ2n) is 3.66. The minimum Gasteiger partial charge on any atom is -0.481 e. The molecule has 0 aromatic carbocycles. The summed E-state index contributed by atoms with van der Waals surface area (Å²) in [5.74, 6) is 0.0994. The summed E-state index contributed by atoms with van der Waals surface area (Å²) < 4.78 is 5.25. The molecule has 2 unspecified atom stereocenters. The number of aliphatic carboxylic acids is 1. The third kappa shape index (κ3) is 3.36. The molecule has 15 heavy (non-hydrogen) atoms. The predicted molar refractivity (Wildman–Crippen MR) is 54.3 cm³/mol. The van der Waals surface area contributed by atoms with Crippen LogP contribution in [0.4, 0.5) is 0 Å². The first kappa shape index (κ1) is 11.7. The molecular formula is C10H16N2O3. The maximum absolute atomic E-state index is 10.7. The molecule has 0 spiro atoms. The topological polar surface area (TPSA) is 75.4 Å². The summed E-state index contributed by atoms with van der Waals surface area (Å²) in [6.45, 7) is 5.77. The van der Waals surface area contributed by atoms with Crippen LogP contribution in [-0.4, -0.2) is 22.1 Å². The Morgan fingerprint density at radius 2 is 2.33 bits per heavy atom. The van der Waals surface area contributed by atoms with Crippen LogP contribution >= 0.6 is 0 Å². The first-order valence-corrected chi connectivity index (χ1v) is 4.88. The van der Waals surface area contributed by atoms with Gasteiger partial charge in [-0.1, -0.05) is 6.92 Å². The summed E-state index contributed by atoms with van der Waals surface area (Å²) in [7, 11) is 0. The maximum Gasteiger partial charge on any atom is 0.307 e. The third-order valence-electron chi connectivity index (χ3n) is 2.38. The quantitative estimate of drug-likeness (QED) is 0.766. The molecule has 2 N–H and O–H groups in total. The predicted octanol–water partition coefficient (Wildman–Crippen LogP) is 1.18. The summed E-state index contributed by atoms with van der Waals surface area (Å²) in [6.07, 6.45) is 1.64. The van der Waals surface area contributed by atoms with E-state index in [9.17, 15) is 4.79 Å². The van der Waals surface area contributed by atoms with Crippen LogP contribution in [0.15, 0.2) is 10.6 Å². The fourth-order valence-corrected chi connectivity index (χ4v) is 1.12. The molecule has 5 nitrogen and oxygen atoms in total. The number of hydrogen-bond acceptors (Lipinski definition) is 4. The third-order valence-corrected chi connectivity index (χ3v) is 2.38. The number of oxazole rings is 1. The molecule has 1 heterocycles. The number of rotatable bonds is 5. The first-order valence-electron chi connectivity index (χ1n) is 4.88. The van der Waals surface area contributed by atoms with Gasteiger partial charge in [-0.25, -0.2) is 4.98 Å². The van der Waals surface area contributed by atoms with E-state index in [1.807, 2.05) is 13.8 Å². The van der Waals surface area contributed by atoms with Gasteiger partial charge < -0.3 is 14.8 Å². The van der Waals surface area contributed by atoms with Crippen molar-refractivity contribution in [1.82, 2.24) is 10.3 Å². The van der Waals surface area contributed by atoms with Gasteiger partial charge in [0.05, 0.1) is 18.7 Å². The van der Waals surface area contributed by atoms with Crippen LogP contribution in [0.2, 0.25) is 0 Å². The van der Waals surface area contributed by atoms with Gasteiger partial charge in [0, 0.05) is 6.04 Å². The Kier molecular flexibility index (Phi) is 3.85. The van der Waals surface area contributed by atoms with Crippen LogP contribution in [0.3, 0.4) is 0 Å². The molecule has 84 valence electrons. The van der Waals surface area contributed by atoms with Crippen molar-refractivity contribution < 1.29 is 14.3 Å². The summed E-state index contributed by atoms with van der Waals surface area (Å²) in [4.78, 5) is 14.7. The number of hydrogen-bond donors (Lipinski definition) is 2. The molecule has 5 heteroatoms. The van der Waals surface area contributed by atoms with Crippen LogP contribution in [0, 0.1) is 12.8 Å². The SMILES string of the molecule is Cc1cnc(CNC(C)C(C)C(=O)O)o1. The number of carboxylic acid groups (broad SMARTS) is 1. The fraction of sp³-hybridized carbons (Fsp3) is 0.600. The van der Waals surface area contributed by atoms with Crippen LogP contribution in [-0.2, 0) is 11.3 Å². The van der Waals surface area contributed by atoms with Crippen molar-refractivity contribution in [2.45, 2.75) is 33.4 Å². The minimum atomic E-state index is -0.807. The molecule has 0 bridgehead atoms. The van der Waals surface area contributed by atoms with Gasteiger partial charge in [-0.3, -0.25) is 4.79 Å². The summed E-state index contributed by atoms with van der Waals surface area (Å²) in [6, 6.07) is -0.116. The smallest absolute Gasteiger partial charge is 0.307 e. The Hall–Kier alpha value is -1.36. The monoisotopic (exact) mass is 212 g/mol. The molecule has 0 radical (unpaired) electrons. The Labute approximate surface area is 88.5 Å². The van der Waals surface area contributed by atoms with Crippen molar-refractivity contribution in [3.05, 3.63) is 17.8 Å². The van der Waals surface area contributed by atoms with Crippen LogP contribution in [0.1, 0.15) is 25.5 Å². The number of nitrogens with zero attached hydrogens (tertiary/aromatic N) is 1. The molecule has 0 saturated carbocycles. The highest BCUT2D eigenvalue weighted by molar-refractivity contribution is 5.70. The molecule has 0 amide bonds. The van der Waals surface area contributed by atoms with E-state index in [0.29, 0.717) is 12.4 Å². The molecule has 0 aliphatic rings. The van der Waals surface area contributed by atoms with Gasteiger partial charge in [-0.05, 0) is 13.8 Å².